The minimum atomic E-state index is -3.80. The summed E-state index contributed by atoms with van der Waals surface area (Å²) in [6.45, 7) is 2.70. The Labute approximate surface area is 246 Å². The van der Waals surface area contributed by atoms with Crippen LogP contribution in [0.4, 0.5) is 5.82 Å². The standard InChI is InChI=1S/C27H32N5O6PS2/c1-19(12-32-17-31-25-26(28)29-16-30-27(25)32)36-18-39(33,37-22-10-8-21(34-2)9-11-22)38-24-15-41-40-14-23(24)35-13-20-6-4-3-5-7-20/h3-11,16-17,19,23-24H,12-15,18H2,1-2H3,(H2,28,29,30)/t19-,23+,24?,39?/m1/s1. The zero-order valence-electron chi connectivity index (χ0n) is 22.7. The van der Waals surface area contributed by atoms with E-state index < -0.39 is 13.7 Å². The van der Waals surface area contributed by atoms with Crippen molar-refractivity contribution in [3.63, 3.8) is 0 Å². The van der Waals surface area contributed by atoms with Gasteiger partial charge in [0.25, 0.3) is 0 Å². The third kappa shape index (κ3) is 7.94. The fraction of sp³-hybridized carbons (Fsp3) is 0.370. The Bertz CT molecular complexity index is 1460. The van der Waals surface area contributed by atoms with Crippen LogP contribution < -0.4 is 15.0 Å². The first-order valence-electron chi connectivity index (χ1n) is 13.0. The highest BCUT2D eigenvalue weighted by atomic mass is 33.1. The molecule has 1 saturated heterocycles. The Morgan fingerprint density at radius 3 is 2.51 bits per heavy atom. The van der Waals surface area contributed by atoms with E-state index in [0.717, 1.165) is 5.56 Å². The zero-order valence-corrected chi connectivity index (χ0v) is 25.2. The van der Waals surface area contributed by atoms with Crippen LogP contribution in [0.25, 0.3) is 11.2 Å². The van der Waals surface area contributed by atoms with Crippen molar-refractivity contribution in [2.24, 2.45) is 0 Å². The molecule has 4 aromatic rings. The maximum atomic E-state index is 14.3. The summed E-state index contributed by atoms with van der Waals surface area (Å²) in [7, 11) is 1.14. The van der Waals surface area contributed by atoms with Gasteiger partial charge in [0.05, 0.1) is 38.8 Å². The van der Waals surface area contributed by atoms with Gasteiger partial charge in [-0.25, -0.2) is 19.5 Å². The normalized spacial score (nSPS) is 19.5. The van der Waals surface area contributed by atoms with E-state index in [2.05, 4.69) is 15.0 Å². The van der Waals surface area contributed by atoms with E-state index in [0.29, 0.717) is 53.1 Å². The molecule has 0 radical (unpaired) electrons. The number of rotatable bonds is 13. The molecule has 4 atom stereocenters. The Morgan fingerprint density at radius 1 is 1.02 bits per heavy atom. The van der Waals surface area contributed by atoms with Gasteiger partial charge in [0, 0.05) is 11.5 Å². The molecule has 5 rings (SSSR count). The molecule has 11 nitrogen and oxygen atoms in total. The fourth-order valence-electron chi connectivity index (χ4n) is 4.14. The minimum absolute atomic E-state index is 0.260. The lowest BCUT2D eigenvalue weighted by atomic mass is 10.2. The number of nitrogens with two attached hydrogens (primary N) is 1. The van der Waals surface area contributed by atoms with Gasteiger partial charge in [-0.05, 0) is 36.8 Å². The lowest BCUT2D eigenvalue weighted by Gasteiger charge is -2.33. The number of anilines is 1. The van der Waals surface area contributed by atoms with Crippen LogP contribution in [0.5, 0.6) is 11.5 Å². The van der Waals surface area contributed by atoms with Crippen LogP contribution in [0.3, 0.4) is 0 Å². The summed E-state index contributed by atoms with van der Waals surface area (Å²) < 4.78 is 45.9. The van der Waals surface area contributed by atoms with Crippen LogP contribution >= 0.6 is 29.2 Å². The van der Waals surface area contributed by atoms with Crippen LogP contribution in [0.15, 0.2) is 67.3 Å². The Morgan fingerprint density at radius 2 is 1.76 bits per heavy atom. The van der Waals surface area contributed by atoms with Crippen LogP contribution in [0, 0.1) is 0 Å². The minimum Gasteiger partial charge on any atom is -0.497 e. The summed E-state index contributed by atoms with van der Waals surface area (Å²) in [6, 6.07) is 16.8. The molecule has 2 unspecified atom stereocenters. The maximum absolute atomic E-state index is 14.3. The number of ether oxygens (including phenoxy) is 3. The second kappa shape index (κ2) is 13.9. The van der Waals surface area contributed by atoms with Crippen LogP contribution in [0.1, 0.15) is 12.5 Å². The number of benzene rings is 2. The van der Waals surface area contributed by atoms with Gasteiger partial charge in [0.2, 0.25) is 0 Å². The number of hydrogen-bond acceptors (Lipinski definition) is 12. The van der Waals surface area contributed by atoms with E-state index in [9.17, 15) is 4.57 Å². The first-order chi connectivity index (χ1) is 19.9. The first-order valence-corrected chi connectivity index (χ1v) is 17.2. The summed E-state index contributed by atoms with van der Waals surface area (Å²) >= 11 is 0. The molecule has 0 aliphatic carbocycles. The smallest absolute Gasteiger partial charge is 0.405 e. The van der Waals surface area contributed by atoms with E-state index in [1.807, 2.05) is 41.8 Å². The van der Waals surface area contributed by atoms with Crippen LogP contribution in [-0.4, -0.2) is 62.8 Å². The number of nitrogen functional groups attached to an aromatic ring is 1. The Balaban J connectivity index is 1.29. The molecule has 1 aliphatic rings. The summed E-state index contributed by atoms with van der Waals surface area (Å²) in [4.78, 5) is 12.6. The van der Waals surface area contributed by atoms with E-state index in [1.54, 1.807) is 59.3 Å². The quantitative estimate of drug-likeness (QED) is 0.152. The molecule has 2 N–H and O–H groups in total. The molecule has 218 valence electrons. The van der Waals surface area contributed by atoms with E-state index >= 15 is 0 Å². The van der Waals surface area contributed by atoms with Crippen molar-refractivity contribution < 1.29 is 27.8 Å². The molecular formula is C27H32N5O6PS2. The topological polar surface area (TPSA) is 133 Å². The molecule has 2 aromatic carbocycles. The molecule has 0 saturated carbocycles. The summed E-state index contributed by atoms with van der Waals surface area (Å²) in [6.07, 6.45) is 1.66. The average Bonchev–Trinajstić information content (AvgIpc) is 3.40. The SMILES string of the molecule is COc1ccc(OP(=O)(CO[C@H](C)Cn2cnc3c(N)ncnc32)OC2CSSC[C@@H]2OCc2ccccc2)cc1. The van der Waals surface area contributed by atoms with Crippen molar-refractivity contribution in [3.8, 4) is 11.5 Å². The predicted molar refractivity (Wildman–Crippen MR) is 161 cm³/mol. The molecular weight excluding hydrogens is 585 g/mol. The average molecular weight is 618 g/mol. The van der Waals surface area contributed by atoms with Crippen molar-refractivity contribution in [1.82, 2.24) is 19.5 Å². The lowest BCUT2D eigenvalue weighted by Crippen LogP contribution is -2.38. The van der Waals surface area contributed by atoms with Gasteiger partial charge in [-0.2, -0.15) is 0 Å². The van der Waals surface area contributed by atoms with Gasteiger partial charge in [-0.15, -0.1) is 0 Å². The molecule has 0 bridgehead atoms. The van der Waals surface area contributed by atoms with E-state index in [4.69, 9.17) is 29.0 Å². The molecule has 0 spiro atoms. The zero-order chi connectivity index (χ0) is 28.7. The summed E-state index contributed by atoms with van der Waals surface area (Å²) in [5.41, 5.74) is 8.09. The number of aromatic nitrogens is 4. The van der Waals surface area contributed by atoms with Crippen LogP contribution in [0.2, 0.25) is 0 Å². The molecule has 1 aliphatic heterocycles. The molecule has 3 heterocycles. The summed E-state index contributed by atoms with van der Waals surface area (Å²) in [5.74, 6) is 2.64. The monoisotopic (exact) mass is 617 g/mol. The van der Waals surface area contributed by atoms with Crippen molar-refractivity contribution in [3.05, 3.63) is 72.8 Å². The molecule has 41 heavy (non-hydrogen) atoms. The van der Waals surface area contributed by atoms with E-state index in [1.165, 1.54) is 6.33 Å². The largest absolute Gasteiger partial charge is 0.497 e. The van der Waals surface area contributed by atoms with Gasteiger partial charge in [0.1, 0.15) is 29.4 Å². The third-order valence-corrected chi connectivity index (χ3v) is 10.2. The Kier molecular flexibility index (Phi) is 10.1. The number of imidazole rings is 1. The van der Waals surface area contributed by atoms with E-state index in [-0.39, 0.29) is 18.6 Å². The molecule has 0 amide bonds. The highest BCUT2D eigenvalue weighted by Gasteiger charge is 2.38. The van der Waals surface area contributed by atoms with Crippen LogP contribution in [-0.2, 0) is 31.7 Å². The maximum Gasteiger partial charge on any atom is 0.405 e. The molecule has 2 aromatic heterocycles. The van der Waals surface area contributed by atoms with Crippen molar-refractivity contribution in [1.29, 1.82) is 0 Å². The van der Waals surface area contributed by atoms with Gasteiger partial charge < -0.3 is 29.0 Å². The van der Waals surface area contributed by atoms with Gasteiger partial charge in [-0.1, -0.05) is 51.9 Å². The highest BCUT2D eigenvalue weighted by molar-refractivity contribution is 8.76. The molecule has 1 fully saturated rings. The van der Waals surface area contributed by atoms with Crippen molar-refractivity contribution >= 4 is 46.2 Å². The highest BCUT2D eigenvalue weighted by Crippen LogP contribution is 2.52. The second-order valence-electron chi connectivity index (χ2n) is 9.36. The fourth-order valence-corrected chi connectivity index (χ4v) is 8.34. The van der Waals surface area contributed by atoms with Gasteiger partial charge in [-0.3, -0.25) is 4.52 Å². The third-order valence-electron chi connectivity index (χ3n) is 6.27. The number of fused-ring (bicyclic) bond motifs is 1. The first kappa shape index (κ1) is 29.7. The van der Waals surface area contributed by atoms with Gasteiger partial charge >= 0.3 is 7.60 Å². The van der Waals surface area contributed by atoms with Gasteiger partial charge in [0.15, 0.2) is 17.8 Å². The van der Waals surface area contributed by atoms with Crippen molar-refractivity contribution in [2.45, 2.75) is 38.4 Å². The number of methoxy groups -OCH3 is 1. The Hall–Kier alpha value is -2.80. The number of nitrogens with zero attached hydrogens (tertiary/aromatic N) is 4. The predicted octanol–water partition coefficient (Wildman–Crippen LogP) is 5.42. The molecule has 14 heteroatoms. The number of hydrogen-bond donors (Lipinski definition) is 1. The second-order valence-corrected chi connectivity index (χ2v) is 13.8. The van der Waals surface area contributed by atoms with Crippen molar-refractivity contribution in [2.75, 3.05) is 30.7 Å². The lowest BCUT2D eigenvalue weighted by molar-refractivity contribution is -0.0192. The summed E-state index contributed by atoms with van der Waals surface area (Å²) in [5, 5.41) is 0.